The van der Waals surface area contributed by atoms with E-state index in [0.717, 1.165) is 18.8 Å². The van der Waals surface area contributed by atoms with Gasteiger partial charge in [-0.15, -0.1) is 0 Å². The average Bonchev–Trinajstić information content (AvgIpc) is 2.76. The summed E-state index contributed by atoms with van der Waals surface area (Å²) in [7, 11) is 0. The molecule has 1 aliphatic heterocycles. The number of nitrogen functional groups attached to an aromatic ring is 1. The normalized spacial score (nSPS) is 13.8. The molecule has 1 heterocycles. The molecule has 0 atom stereocenters. The third-order valence-electron chi connectivity index (χ3n) is 3.21. The van der Waals surface area contributed by atoms with Gasteiger partial charge in [0.15, 0.2) is 0 Å². The number of halogens is 1. The summed E-state index contributed by atoms with van der Waals surface area (Å²) in [5, 5.41) is 0.624. The first-order chi connectivity index (χ1) is 8.25. The van der Waals surface area contributed by atoms with Crippen LogP contribution in [0.5, 0.6) is 0 Å². The van der Waals surface area contributed by atoms with Crippen molar-refractivity contribution in [2.24, 2.45) is 0 Å². The molecule has 2 nitrogen and oxygen atoms in total. The highest BCUT2D eigenvalue weighted by Gasteiger charge is 2.20. The number of hydrogen-bond donors (Lipinski definition) is 1. The Balaban J connectivity index is 1.97. The van der Waals surface area contributed by atoms with E-state index in [1.807, 2.05) is 18.2 Å². The summed E-state index contributed by atoms with van der Waals surface area (Å²) in [6.45, 7) is 1.81. The molecular weight excluding hydrogens is 232 g/mol. The summed E-state index contributed by atoms with van der Waals surface area (Å²) < 4.78 is 0. The van der Waals surface area contributed by atoms with Gasteiger partial charge in [0.05, 0.1) is 16.4 Å². The first-order valence-corrected chi connectivity index (χ1v) is 5.99. The Morgan fingerprint density at radius 1 is 0.941 bits per heavy atom. The Kier molecular flexibility index (Phi) is 2.45. The van der Waals surface area contributed by atoms with Crippen LogP contribution in [0.15, 0.2) is 42.5 Å². The summed E-state index contributed by atoms with van der Waals surface area (Å²) in [6.07, 6.45) is 0. The van der Waals surface area contributed by atoms with Gasteiger partial charge in [-0.25, -0.2) is 0 Å². The summed E-state index contributed by atoms with van der Waals surface area (Å²) in [6, 6.07) is 14.3. The zero-order chi connectivity index (χ0) is 11.8. The molecule has 1 aliphatic rings. The second-order valence-corrected chi connectivity index (χ2v) is 4.70. The maximum atomic E-state index is 6.05. The number of benzene rings is 2. The molecule has 86 valence electrons. The fraction of sp³-hybridized carbons (Fsp3) is 0.143. The van der Waals surface area contributed by atoms with Crippen molar-refractivity contribution in [3.05, 3.63) is 58.6 Å². The van der Waals surface area contributed by atoms with E-state index in [1.54, 1.807) is 0 Å². The minimum absolute atomic E-state index is 0.624. The maximum absolute atomic E-state index is 6.05. The van der Waals surface area contributed by atoms with Crippen LogP contribution >= 0.6 is 11.6 Å². The van der Waals surface area contributed by atoms with E-state index in [1.165, 1.54) is 11.1 Å². The lowest BCUT2D eigenvalue weighted by Gasteiger charge is -2.20. The number of nitrogens with two attached hydrogens (primary N) is 1. The molecule has 0 amide bonds. The molecule has 0 aliphatic carbocycles. The van der Waals surface area contributed by atoms with Crippen LogP contribution in [0, 0.1) is 0 Å². The van der Waals surface area contributed by atoms with E-state index in [4.69, 9.17) is 17.3 Å². The molecule has 2 N–H and O–H groups in total. The molecule has 3 heteroatoms. The molecule has 17 heavy (non-hydrogen) atoms. The number of para-hydroxylation sites is 1. The van der Waals surface area contributed by atoms with Gasteiger partial charge in [0, 0.05) is 13.1 Å². The second kappa shape index (κ2) is 3.97. The van der Waals surface area contributed by atoms with E-state index in [9.17, 15) is 0 Å². The quantitative estimate of drug-likeness (QED) is 0.779. The SMILES string of the molecule is Nc1c(Cl)cccc1N1Cc2ccccc2C1. The van der Waals surface area contributed by atoms with Crippen LogP contribution in [-0.2, 0) is 13.1 Å². The monoisotopic (exact) mass is 244 g/mol. The van der Waals surface area contributed by atoms with Gasteiger partial charge in [-0.2, -0.15) is 0 Å². The topological polar surface area (TPSA) is 29.3 Å². The minimum Gasteiger partial charge on any atom is -0.396 e. The number of rotatable bonds is 1. The molecule has 0 saturated heterocycles. The molecule has 3 rings (SSSR count). The van der Waals surface area contributed by atoms with E-state index < -0.39 is 0 Å². The van der Waals surface area contributed by atoms with Gasteiger partial charge < -0.3 is 10.6 Å². The van der Waals surface area contributed by atoms with Crippen molar-refractivity contribution in [3.8, 4) is 0 Å². The highest BCUT2D eigenvalue weighted by molar-refractivity contribution is 6.33. The fourth-order valence-corrected chi connectivity index (χ4v) is 2.47. The van der Waals surface area contributed by atoms with Gasteiger partial charge in [-0.05, 0) is 23.3 Å². The lowest BCUT2D eigenvalue weighted by Crippen LogP contribution is -2.16. The number of hydrogen-bond acceptors (Lipinski definition) is 2. The number of nitrogens with zero attached hydrogens (tertiary/aromatic N) is 1. The molecule has 0 spiro atoms. The van der Waals surface area contributed by atoms with E-state index >= 15 is 0 Å². The number of anilines is 2. The summed E-state index contributed by atoms with van der Waals surface area (Å²) in [4.78, 5) is 2.26. The van der Waals surface area contributed by atoms with Crippen molar-refractivity contribution in [1.29, 1.82) is 0 Å². The number of fused-ring (bicyclic) bond motifs is 1. The van der Waals surface area contributed by atoms with Gasteiger partial charge >= 0.3 is 0 Å². The Labute approximate surface area is 106 Å². The standard InChI is InChI=1S/C14H13ClN2/c15-12-6-3-7-13(14(12)16)17-8-10-4-1-2-5-11(10)9-17/h1-7H,8-9,16H2. The van der Waals surface area contributed by atoms with Crippen LogP contribution < -0.4 is 10.6 Å². The highest BCUT2D eigenvalue weighted by atomic mass is 35.5. The van der Waals surface area contributed by atoms with Crippen molar-refractivity contribution < 1.29 is 0 Å². The highest BCUT2D eigenvalue weighted by Crippen LogP contribution is 2.35. The summed E-state index contributed by atoms with van der Waals surface area (Å²) >= 11 is 6.05. The third-order valence-corrected chi connectivity index (χ3v) is 3.54. The fourth-order valence-electron chi connectivity index (χ4n) is 2.30. The Morgan fingerprint density at radius 3 is 2.24 bits per heavy atom. The third kappa shape index (κ3) is 1.75. The average molecular weight is 245 g/mol. The molecule has 0 saturated carbocycles. The lowest BCUT2D eigenvalue weighted by atomic mass is 10.1. The Morgan fingerprint density at radius 2 is 1.59 bits per heavy atom. The summed E-state index contributed by atoms with van der Waals surface area (Å²) in [5.41, 5.74) is 10.4. The molecule has 2 aromatic rings. The predicted molar refractivity (Wildman–Crippen MR) is 72.2 cm³/mol. The second-order valence-electron chi connectivity index (χ2n) is 4.30. The Bertz CT molecular complexity index is 541. The molecule has 0 unspecified atom stereocenters. The lowest BCUT2D eigenvalue weighted by molar-refractivity contribution is 0.882. The van der Waals surface area contributed by atoms with Crippen LogP contribution in [0.2, 0.25) is 5.02 Å². The van der Waals surface area contributed by atoms with Gasteiger partial charge in [0.2, 0.25) is 0 Å². The molecular formula is C14H13ClN2. The van der Waals surface area contributed by atoms with Crippen molar-refractivity contribution in [1.82, 2.24) is 0 Å². The zero-order valence-electron chi connectivity index (χ0n) is 9.36. The Hall–Kier alpha value is -1.67. The van der Waals surface area contributed by atoms with Gasteiger partial charge in [-0.1, -0.05) is 41.9 Å². The molecule has 0 fully saturated rings. The molecule has 0 bridgehead atoms. The van der Waals surface area contributed by atoms with E-state index in [2.05, 4.69) is 29.2 Å². The van der Waals surface area contributed by atoms with E-state index in [-0.39, 0.29) is 0 Å². The largest absolute Gasteiger partial charge is 0.396 e. The van der Waals surface area contributed by atoms with Crippen molar-refractivity contribution in [3.63, 3.8) is 0 Å². The maximum Gasteiger partial charge on any atom is 0.0741 e. The smallest absolute Gasteiger partial charge is 0.0741 e. The van der Waals surface area contributed by atoms with Crippen LogP contribution in [0.1, 0.15) is 11.1 Å². The minimum atomic E-state index is 0.624. The van der Waals surface area contributed by atoms with Crippen molar-refractivity contribution in [2.45, 2.75) is 13.1 Å². The molecule has 2 aromatic carbocycles. The molecule has 0 radical (unpaired) electrons. The predicted octanol–water partition coefficient (Wildman–Crippen LogP) is 3.44. The van der Waals surface area contributed by atoms with E-state index in [0.29, 0.717) is 10.7 Å². The van der Waals surface area contributed by atoms with Crippen molar-refractivity contribution >= 4 is 23.0 Å². The van der Waals surface area contributed by atoms with Gasteiger partial charge in [0.1, 0.15) is 0 Å². The first-order valence-electron chi connectivity index (χ1n) is 5.61. The van der Waals surface area contributed by atoms with Crippen LogP contribution in [0.3, 0.4) is 0 Å². The van der Waals surface area contributed by atoms with Crippen molar-refractivity contribution in [2.75, 3.05) is 10.6 Å². The van der Waals surface area contributed by atoms with Gasteiger partial charge in [0.25, 0.3) is 0 Å². The van der Waals surface area contributed by atoms with Crippen LogP contribution in [0.25, 0.3) is 0 Å². The van der Waals surface area contributed by atoms with Crippen LogP contribution in [-0.4, -0.2) is 0 Å². The van der Waals surface area contributed by atoms with Gasteiger partial charge in [-0.3, -0.25) is 0 Å². The summed E-state index contributed by atoms with van der Waals surface area (Å²) in [5.74, 6) is 0. The van der Waals surface area contributed by atoms with Crippen LogP contribution in [0.4, 0.5) is 11.4 Å². The zero-order valence-corrected chi connectivity index (χ0v) is 10.1. The molecule has 0 aromatic heterocycles. The first kappa shape index (κ1) is 10.5.